The number of anilines is 1. The molecule has 110 valence electrons. The molecule has 4 nitrogen and oxygen atoms in total. The molecule has 4 heteroatoms. The first kappa shape index (κ1) is 13.0. The average Bonchev–Trinajstić information content (AvgIpc) is 3.02. The molecule has 0 radical (unpaired) electrons. The number of phenolic OH excluding ortho intramolecular Hbond substituents is 1. The second-order valence-corrected chi connectivity index (χ2v) is 5.53. The number of nitrogens with zero attached hydrogens (tertiary/aromatic N) is 2. The van der Waals surface area contributed by atoms with Crippen LogP contribution >= 0.6 is 0 Å². The second kappa shape index (κ2) is 4.91. The topological polar surface area (TPSA) is 52.2 Å². The summed E-state index contributed by atoms with van der Waals surface area (Å²) in [6.45, 7) is 3.95. The number of benzene rings is 2. The van der Waals surface area contributed by atoms with Gasteiger partial charge in [0.15, 0.2) is 0 Å². The number of aromatic hydroxyl groups is 1. The van der Waals surface area contributed by atoms with Crippen LogP contribution < -0.4 is 4.90 Å². The Bertz CT molecular complexity index is 838. The molecular weight excluding hydrogens is 274 g/mol. The molecule has 1 aliphatic rings. The fourth-order valence-corrected chi connectivity index (χ4v) is 3.13. The Morgan fingerprint density at radius 1 is 1.18 bits per heavy atom. The SMILES string of the molecule is CCN1Cc2cn[nH]c2-c2ccc(-c3ccccc3O)cc21. The predicted octanol–water partition coefficient (Wildman–Crippen LogP) is 3.79. The molecule has 0 fully saturated rings. The zero-order valence-corrected chi connectivity index (χ0v) is 12.4. The fraction of sp³-hybridized carbons (Fsp3) is 0.167. The van der Waals surface area contributed by atoms with E-state index < -0.39 is 0 Å². The number of fused-ring (bicyclic) bond motifs is 3. The van der Waals surface area contributed by atoms with Crippen molar-refractivity contribution in [1.29, 1.82) is 0 Å². The van der Waals surface area contributed by atoms with E-state index >= 15 is 0 Å². The van der Waals surface area contributed by atoms with Crippen LogP contribution in [0.1, 0.15) is 12.5 Å². The van der Waals surface area contributed by atoms with Crippen molar-refractivity contribution in [2.45, 2.75) is 13.5 Å². The maximum absolute atomic E-state index is 10.1. The molecule has 0 saturated carbocycles. The van der Waals surface area contributed by atoms with Crippen LogP contribution in [0.4, 0.5) is 5.69 Å². The van der Waals surface area contributed by atoms with Gasteiger partial charge in [-0.2, -0.15) is 5.10 Å². The Morgan fingerprint density at radius 2 is 2.05 bits per heavy atom. The zero-order chi connectivity index (χ0) is 15.1. The highest BCUT2D eigenvalue weighted by Gasteiger charge is 2.23. The smallest absolute Gasteiger partial charge is 0.123 e. The van der Waals surface area contributed by atoms with Gasteiger partial charge in [0, 0.05) is 35.5 Å². The van der Waals surface area contributed by atoms with E-state index in [9.17, 15) is 5.11 Å². The molecular formula is C18H17N3O. The third-order valence-corrected chi connectivity index (χ3v) is 4.28. The van der Waals surface area contributed by atoms with Crippen LogP contribution in [-0.4, -0.2) is 21.8 Å². The van der Waals surface area contributed by atoms with E-state index in [1.807, 2.05) is 24.4 Å². The van der Waals surface area contributed by atoms with Crippen LogP contribution in [0.3, 0.4) is 0 Å². The van der Waals surface area contributed by atoms with Gasteiger partial charge in [-0.05, 0) is 24.6 Å². The summed E-state index contributed by atoms with van der Waals surface area (Å²) in [5.74, 6) is 0.309. The lowest BCUT2D eigenvalue weighted by Crippen LogP contribution is -2.25. The number of para-hydroxylation sites is 1. The second-order valence-electron chi connectivity index (χ2n) is 5.53. The lowest BCUT2D eigenvalue weighted by atomic mass is 9.95. The molecule has 4 rings (SSSR count). The number of aromatic nitrogens is 2. The highest BCUT2D eigenvalue weighted by molar-refractivity contribution is 5.86. The standard InChI is InChI=1S/C18H17N3O/c1-2-21-11-13-10-19-20-18(13)15-8-7-12(9-16(15)21)14-5-3-4-6-17(14)22/h3-10,22H,2,11H2,1H3,(H,19,20). The van der Waals surface area contributed by atoms with Crippen molar-refractivity contribution in [3.05, 3.63) is 54.2 Å². The lowest BCUT2D eigenvalue weighted by Gasteiger charge is -2.30. The van der Waals surface area contributed by atoms with Gasteiger partial charge in [0.05, 0.1) is 11.9 Å². The molecule has 0 atom stereocenters. The van der Waals surface area contributed by atoms with Crippen molar-refractivity contribution in [2.24, 2.45) is 0 Å². The highest BCUT2D eigenvalue weighted by atomic mass is 16.3. The first-order chi connectivity index (χ1) is 10.8. The molecule has 0 amide bonds. The van der Waals surface area contributed by atoms with Crippen LogP contribution in [0.5, 0.6) is 5.75 Å². The lowest BCUT2D eigenvalue weighted by molar-refractivity contribution is 0.477. The van der Waals surface area contributed by atoms with Crippen LogP contribution in [0, 0.1) is 0 Å². The highest BCUT2D eigenvalue weighted by Crippen LogP contribution is 2.41. The molecule has 3 aromatic rings. The number of phenols is 1. The Balaban J connectivity index is 1.89. The van der Waals surface area contributed by atoms with Crippen LogP contribution in [0.15, 0.2) is 48.7 Å². The monoisotopic (exact) mass is 291 g/mol. The van der Waals surface area contributed by atoms with Gasteiger partial charge in [0.25, 0.3) is 0 Å². The molecule has 0 saturated heterocycles. The van der Waals surface area contributed by atoms with Crippen LogP contribution in [-0.2, 0) is 6.54 Å². The predicted molar refractivity (Wildman–Crippen MR) is 87.8 cm³/mol. The molecule has 0 spiro atoms. The van der Waals surface area contributed by atoms with Crippen molar-refractivity contribution >= 4 is 5.69 Å². The molecule has 0 bridgehead atoms. The normalized spacial score (nSPS) is 12.9. The third-order valence-electron chi connectivity index (χ3n) is 4.28. The van der Waals surface area contributed by atoms with Gasteiger partial charge in [-0.15, -0.1) is 0 Å². The third kappa shape index (κ3) is 1.88. The fourth-order valence-electron chi connectivity index (χ4n) is 3.13. The van der Waals surface area contributed by atoms with E-state index in [1.165, 1.54) is 16.8 Å². The molecule has 2 heterocycles. The molecule has 0 aliphatic carbocycles. The molecule has 0 unspecified atom stereocenters. The van der Waals surface area contributed by atoms with E-state index in [4.69, 9.17) is 0 Å². The van der Waals surface area contributed by atoms with E-state index in [0.29, 0.717) is 5.75 Å². The minimum atomic E-state index is 0.309. The Kier molecular flexibility index (Phi) is 2.89. The zero-order valence-electron chi connectivity index (χ0n) is 12.4. The van der Waals surface area contributed by atoms with Gasteiger partial charge >= 0.3 is 0 Å². The van der Waals surface area contributed by atoms with E-state index in [1.54, 1.807) is 6.07 Å². The molecule has 1 aromatic heterocycles. The Labute approximate surface area is 129 Å². The van der Waals surface area contributed by atoms with Gasteiger partial charge in [0.1, 0.15) is 5.75 Å². The average molecular weight is 291 g/mol. The first-order valence-electron chi connectivity index (χ1n) is 7.48. The molecule has 1 aliphatic heterocycles. The van der Waals surface area contributed by atoms with E-state index in [2.05, 4.69) is 40.2 Å². The minimum Gasteiger partial charge on any atom is -0.507 e. The van der Waals surface area contributed by atoms with Crippen molar-refractivity contribution in [3.8, 4) is 28.1 Å². The largest absolute Gasteiger partial charge is 0.507 e. The Hall–Kier alpha value is -2.75. The quantitative estimate of drug-likeness (QED) is 0.755. The van der Waals surface area contributed by atoms with Gasteiger partial charge in [-0.25, -0.2) is 0 Å². The Morgan fingerprint density at radius 3 is 2.86 bits per heavy atom. The summed E-state index contributed by atoms with van der Waals surface area (Å²) < 4.78 is 0. The van der Waals surface area contributed by atoms with E-state index in [-0.39, 0.29) is 0 Å². The maximum atomic E-state index is 10.1. The summed E-state index contributed by atoms with van der Waals surface area (Å²) in [7, 11) is 0. The van der Waals surface area contributed by atoms with Crippen LogP contribution in [0.25, 0.3) is 22.4 Å². The van der Waals surface area contributed by atoms with Crippen LogP contribution in [0.2, 0.25) is 0 Å². The summed E-state index contributed by atoms with van der Waals surface area (Å²) in [5.41, 5.74) is 6.56. The number of rotatable bonds is 2. The maximum Gasteiger partial charge on any atom is 0.123 e. The number of hydrogen-bond donors (Lipinski definition) is 2. The summed E-state index contributed by atoms with van der Waals surface area (Å²) >= 11 is 0. The van der Waals surface area contributed by atoms with Crippen molar-refractivity contribution in [1.82, 2.24) is 10.2 Å². The molecule has 22 heavy (non-hydrogen) atoms. The van der Waals surface area contributed by atoms with Crippen molar-refractivity contribution in [2.75, 3.05) is 11.4 Å². The molecule has 2 aromatic carbocycles. The minimum absolute atomic E-state index is 0.309. The summed E-state index contributed by atoms with van der Waals surface area (Å²) in [6, 6.07) is 13.8. The number of nitrogens with one attached hydrogen (secondary N) is 1. The number of hydrogen-bond acceptors (Lipinski definition) is 3. The van der Waals surface area contributed by atoms with Gasteiger partial charge in [0.2, 0.25) is 0 Å². The number of aromatic amines is 1. The van der Waals surface area contributed by atoms with Crippen molar-refractivity contribution in [3.63, 3.8) is 0 Å². The van der Waals surface area contributed by atoms with Gasteiger partial charge < -0.3 is 10.0 Å². The van der Waals surface area contributed by atoms with E-state index in [0.717, 1.165) is 29.9 Å². The summed E-state index contributed by atoms with van der Waals surface area (Å²) in [4.78, 5) is 2.33. The summed E-state index contributed by atoms with van der Waals surface area (Å²) in [6.07, 6.45) is 1.90. The van der Waals surface area contributed by atoms with Gasteiger partial charge in [-0.3, -0.25) is 5.10 Å². The number of H-pyrrole nitrogens is 1. The van der Waals surface area contributed by atoms with Crippen molar-refractivity contribution < 1.29 is 5.11 Å². The first-order valence-corrected chi connectivity index (χ1v) is 7.48. The molecule has 2 N–H and O–H groups in total. The van der Waals surface area contributed by atoms with Gasteiger partial charge in [-0.1, -0.05) is 30.3 Å². The summed E-state index contributed by atoms with van der Waals surface area (Å²) in [5, 5.41) is 17.4.